The number of hydrogen-bond donors (Lipinski definition) is 0. The molecule has 0 radical (unpaired) electrons. The van der Waals surface area contributed by atoms with E-state index < -0.39 is 12.1 Å². The number of nitrogens with zero attached hydrogens (tertiary/aromatic N) is 1. The van der Waals surface area contributed by atoms with E-state index >= 15 is 0 Å². The molecule has 0 aliphatic carbocycles. The summed E-state index contributed by atoms with van der Waals surface area (Å²) in [7, 11) is 1.59. The van der Waals surface area contributed by atoms with Crippen LogP contribution in [0.25, 0.3) is 6.08 Å². The summed E-state index contributed by atoms with van der Waals surface area (Å²) in [6.07, 6.45) is 2.90. The van der Waals surface area contributed by atoms with Gasteiger partial charge < -0.3 is 14.4 Å². The molecule has 0 bridgehead atoms. The predicted molar refractivity (Wildman–Crippen MR) is 105 cm³/mol. The molecule has 2 aromatic rings. The SMILES string of the molecule is COc1cccc(/C=C/C(=O)O[C@H](C)C(=O)N2c3ccccc3C[C@@H]2C)c1. The number of anilines is 1. The van der Waals surface area contributed by atoms with Crippen LogP contribution in [0.1, 0.15) is 25.0 Å². The zero-order valence-corrected chi connectivity index (χ0v) is 15.7. The standard InChI is InChI=1S/C22H23NO4/c1-15-13-18-8-4-5-10-20(18)23(15)22(25)16(2)27-21(24)12-11-17-7-6-9-19(14-17)26-3/h4-12,14-16H,13H2,1-3H3/b12-11+/t15-,16+/m0/s1. The van der Waals surface area contributed by atoms with Gasteiger partial charge in [-0.1, -0.05) is 30.3 Å². The fourth-order valence-electron chi connectivity index (χ4n) is 3.27. The van der Waals surface area contributed by atoms with E-state index in [4.69, 9.17) is 9.47 Å². The Morgan fingerprint density at radius 1 is 1.19 bits per heavy atom. The fraction of sp³-hybridized carbons (Fsp3) is 0.273. The summed E-state index contributed by atoms with van der Waals surface area (Å²) in [5.74, 6) is -0.0647. The molecule has 1 aliphatic heterocycles. The summed E-state index contributed by atoms with van der Waals surface area (Å²) in [6, 6.07) is 15.2. The third kappa shape index (κ3) is 4.19. The number of amides is 1. The van der Waals surface area contributed by atoms with E-state index in [0.29, 0.717) is 5.75 Å². The van der Waals surface area contributed by atoms with Crippen molar-refractivity contribution in [2.24, 2.45) is 0 Å². The molecule has 0 saturated carbocycles. The van der Waals surface area contributed by atoms with Crippen molar-refractivity contribution >= 4 is 23.6 Å². The molecule has 0 aromatic heterocycles. The second-order valence-corrected chi connectivity index (χ2v) is 6.58. The molecule has 1 amide bonds. The van der Waals surface area contributed by atoms with Crippen molar-refractivity contribution < 1.29 is 19.1 Å². The Kier molecular flexibility index (Phi) is 5.60. The van der Waals surface area contributed by atoms with E-state index in [1.54, 1.807) is 31.1 Å². The molecule has 2 aromatic carbocycles. The van der Waals surface area contributed by atoms with Crippen LogP contribution in [0.4, 0.5) is 5.69 Å². The molecule has 140 valence electrons. The zero-order chi connectivity index (χ0) is 19.4. The van der Waals surface area contributed by atoms with Crippen molar-refractivity contribution in [1.82, 2.24) is 0 Å². The Bertz CT molecular complexity index is 874. The summed E-state index contributed by atoms with van der Waals surface area (Å²) < 4.78 is 10.5. The second kappa shape index (κ2) is 8.08. The van der Waals surface area contributed by atoms with Crippen molar-refractivity contribution in [2.45, 2.75) is 32.4 Å². The van der Waals surface area contributed by atoms with Crippen LogP contribution in [0.3, 0.4) is 0 Å². The van der Waals surface area contributed by atoms with Crippen LogP contribution in [0.2, 0.25) is 0 Å². The molecular weight excluding hydrogens is 342 g/mol. The number of esters is 1. The first-order chi connectivity index (χ1) is 13.0. The van der Waals surface area contributed by atoms with Crippen LogP contribution in [0, 0.1) is 0 Å². The van der Waals surface area contributed by atoms with Gasteiger partial charge >= 0.3 is 5.97 Å². The van der Waals surface area contributed by atoms with Crippen LogP contribution in [-0.4, -0.2) is 31.1 Å². The number of rotatable bonds is 5. The number of carbonyl (C=O) groups excluding carboxylic acids is 2. The third-order valence-corrected chi connectivity index (χ3v) is 4.59. The third-order valence-electron chi connectivity index (χ3n) is 4.59. The summed E-state index contributed by atoms with van der Waals surface area (Å²) >= 11 is 0. The maximum Gasteiger partial charge on any atom is 0.331 e. The quantitative estimate of drug-likeness (QED) is 0.600. The smallest absolute Gasteiger partial charge is 0.331 e. The molecule has 5 heteroatoms. The minimum absolute atomic E-state index is 0.0448. The van der Waals surface area contributed by atoms with Gasteiger partial charge in [0.05, 0.1) is 7.11 Å². The number of hydrogen-bond acceptors (Lipinski definition) is 4. The van der Waals surface area contributed by atoms with E-state index in [-0.39, 0.29) is 11.9 Å². The molecule has 0 spiro atoms. The first-order valence-corrected chi connectivity index (χ1v) is 8.93. The Hall–Kier alpha value is -3.08. The lowest BCUT2D eigenvalue weighted by Crippen LogP contribution is -2.43. The minimum Gasteiger partial charge on any atom is -0.497 e. The normalized spacial score (nSPS) is 16.9. The van der Waals surface area contributed by atoms with Gasteiger partial charge in [-0.05, 0) is 55.7 Å². The van der Waals surface area contributed by atoms with Gasteiger partial charge in [0.1, 0.15) is 5.75 Å². The lowest BCUT2D eigenvalue weighted by atomic mass is 10.1. The van der Waals surface area contributed by atoms with Crippen molar-refractivity contribution in [2.75, 3.05) is 12.0 Å². The van der Waals surface area contributed by atoms with E-state index in [0.717, 1.165) is 23.2 Å². The maximum atomic E-state index is 12.8. The van der Waals surface area contributed by atoms with Gasteiger partial charge in [-0.3, -0.25) is 4.79 Å². The molecule has 5 nitrogen and oxygen atoms in total. The molecule has 0 unspecified atom stereocenters. The number of carbonyl (C=O) groups is 2. The molecule has 0 fully saturated rings. The van der Waals surface area contributed by atoms with Gasteiger partial charge in [-0.25, -0.2) is 4.79 Å². The van der Waals surface area contributed by atoms with Crippen LogP contribution >= 0.6 is 0 Å². The fourth-order valence-corrected chi connectivity index (χ4v) is 3.27. The Labute approximate surface area is 159 Å². The number of methoxy groups -OCH3 is 1. The topological polar surface area (TPSA) is 55.8 Å². The largest absolute Gasteiger partial charge is 0.497 e. The average molecular weight is 365 g/mol. The summed E-state index contributed by atoms with van der Waals surface area (Å²) in [4.78, 5) is 26.7. The van der Waals surface area contributed by atoms with E-state index in [2.05, 4.69) is 0 Å². The Morgan fingerprint density at radius 3 is 2.74 bits per heavy atom. The van der Waals surface area contributed by atoms with Crippen molar-refractivity contribution in [3.05, 3.63) is 65.7 Å². The van der Waals surface area contributed by atoms with Crippen LogP contribution < -0.4 is 9.64 Å². The Morgan fingerprint density at radius 2 is 1.96 bits per heavy atom. The number of fused-ring (bicyclic) bond motifs is 1. The summed E-state index contributed by atoms with van der Waals surface area (Å²) in [6.45, 7) is 3.60. The van der Waals surface area contributed by atoms with Gasteiger partial charge in [-0.2, -0.15) is 0 Å². The second-order valence-electron chi connectivity index (χ2n) is 6.58. The lowest BCUT2D eigenvalue weighted by Gasteiger charge is -2.25. The van der Waals surface area contributed by atoms with Gasteiger partial charge in [0.15, 0.2) is 6.10 Å². The molecule has 1 heterocycles. The highest BCUT2D eigenvalue weighted by atomic mass is 16.5. The number of ether oxygens (including phenoxy) is 2. The lowest BCUT2D eigenvalue weighted by molar-refractivity contribution is -0.149. The van der Waals surface area contributed by atoms with Crippen LogP contribution in [0.5, 0.6) is 5.75 Å². The van der Waals surface area contributed by atoms with E-state index in [1.165, 1.54) is 6.08 Å². The number of benzene rings is 2. The molecular formula is C22H23NO4. The molecule has 2 atom stereocenters. The molecule has 3 rings (SSSR count). The van der Waals surface area contributed by atoms with Crippen LogP contribution in [-0.2, 0) is 20.7 Å². The molecule has 0 saturated heterocycles. The minimum atomic E-state index is -0.860. The highest BCUT2D eigenvalue weighted by Gasteiger charge is 2.34. The first kappa shape index (κ1) is 18.7. The monoisotopic (exact) mass is 365 g/mol. The molecule has 0 N–H and O–H groups in total. The number of para-hydroxylation sites is 1. The Balaban J connectivity index is 1.64. The average Bonchev–Trinajstić information content (AvgIpc) is 3.01. The van der Waals surface area contributed by atoms with Gasteiger partial charge in [-0.15, -0.1) is 0 Å². The molecule has 1 aliphatic rings. The maximum absolute atomic E-state index is 12.8. The summed E-state index contributed by atoms with van der Waals surface area (Å²) in [5.41, 5.74) is 2.84. The highest BCUT2D eigenvalue weighted by Crippen LogP contribution is 2.32. The van der Waals surface area contributed by atoms with Gasteiger partial charge in [0.25, 0.3) is 5.91 Å². The zero-order valence-electron chi connectivity index (χ0n) is 15.7. The van der Waals surface area contributed by atoms with Crippen molar-refractivity contribution in [3.63, 3.8) is 0 Å². The predicted octanol–water partition coefficient (Wildman–Crippen LogP) is 3.62. The van der Waals surface area contributed by atoms with Crippen molar-refractivity contribution in [3.8, 4) is 5.75 Å². The van der Waals surface area contributed by atoms with Crippen molar-refractivity contribution in [1.29, 1.82) is 0 Å². The van der Waals surface area contributed by atoms with Gasteiger partial charge in [0.2, 0.25) is 0 Å². The highest BCUT2D eigenvalue weighted by molar-refractivity contribution is 6.00. The van der Waals surface area contributed by atoms with Crippen LogP contribution in [0.15, 0.2) is 54.6 Å². The van der Waals surface area contributed by atoms with Gasteiger partial charge in [0, 0.05) is 17.8 Å². The molecule has 27 heavy (non-hydrogen) atoms. The summed E-state index contributed by atoms with van der Waals surface area (Å²) in [5, 5.41) is 0. The van der Waals surface area contributed by atoms with E-state index in [9.17, 15) is 9.59 Å². The first-order valence-electron chi connectivity index (χ1n) is 8.93. The van der Waals surface area contributed by atoms with E-state index in [1.807, 2.05) is 49.4 Å².